The number of amidine groups is 1. The van der Waals surface area contributed by atoms with E-state index in [9.17, 15) is 22.7 Å². The summed E-state index contributed by atoms with van der Waals surface area (Å²) in [6.45, 7) is 0.202. The van der Waals surface area contributed by atoms with E-state index in [2.05, 4.69) is 10.1 Å². The number of nitrogens with zero attached hydrogens (tertiary/aromatic N) is 3. The van der Waals surface area contributed by atoms with E-state index in [1.54, 1.807) is 30.3 Å². The number of aliphatic hydroxyl groups excluding tert-OH is 1. The Labute approximate surface area is 210 Å². The van der Waals surface area contributed by atoms with Crippen LogP contribution in [0.2, 0.25) is 0 Å². The highest BCUT2D eigenvalue weighted by molar-refractivity contribution is 6.03. The number of ether oxygens (including phenoxy) is 1. The standard InChI is InChI=1S/C27H23F4N3O3/c1-36-23-14-17(4-9-22(23)18-10-11-32-24(15-18)27(29,30)31)13-19-3-2-12-34-25(19)33-37-26(34,16-35)20-5-7-21(28)8-6-20/h4-11,13-15,35H,2-3,12,16H2,1H3/b19-13+. The van der Waals surface area contributed by atoms with Gasteiger partial charge in [-0.1, -0.05) is 17.3 Å². The van der Waals surface area contributed by atoms with Crippen molar-refractivity contribution >= 4 is 11.9 Å². The van der Waals surface area contributed by atoms with Crippen molar-refractivity contribution in [1.29, 1.82) is 0 Å². The molecule has 0 saturated carbocycles. The van der Waals surface area contributed by atoms with Gasteiger partial charge in [-0.3, -0.25) is 4.98 Å². The summed E-state index contributed by atoms with van der Waals surface area (Å²) in [5.41, 5.74) is 0.811. The average Bonchev–Trinajstić information content (AvgIpc) is 3.29. The van der Waals surface area contributed by atoms with Gasteiger partial charge in [-0.05, 0) is 78.1 Å². The fourth-order valence-electron chi connectivity index (χ4n) is 4.70. The molecule has 2 aliphatic rings. The summed E-state index contributed by atoms with van der Waals surface area (Å²) in [5, 5.41) is 14.6. The highest BCUT2D eigenvalue weighted by atomic mass is 19.4. The number of hydrogen-bond donors (Lipinski definition) is 1. The quantitative estimate of drug-likeness (QED) is 0.451. The Morgan fingerprint density at radius 2 is 1.92 bits per heavy atom. The van der Waals surface area contributed by atoms with E-state index in [-0.39, 0.29) is 6.61 Å². The molecule has 6 nitrogen and oxygen atoms in total. The summed E-state index contributed by atoms with van der Waals surface area (Å²) in [6.07, 6.45) is -0.0534. The maximum atomic E-state index is 13.5. The number of benzene rings is 2. The molecule has 0 amide bonds. The third-order valence-electron chi connectivity index (χ3n) is 6.53. The molecule has 1 unspecified atom stereocenters. The van der Waals surface area contributed by atoms with Crippen LogP contribution in [0.5, 0.6) is 5.75 Å². The predicted octanol–water partition coefficient (Wildman–Crippen LogP) is 5.58. The van der Waals surface area contributed by atoms with Crippen LogP contribution in [0.4, 0.5) is 17.6 Å². The lowest BCUT2D eigenvalue weighted by atomic mass is 9.94. The first-order valence-corrected chi connectivity index (χ1v) is 11.6. The summed E-state index contributed by atoms with van der Waals surface area (Å²) in [4.78, 5) is 11.1. The van der Waals surface area contributed by atoms with Gasteiger partial charge in [0.15, 0.2) is 5.84 Å². The zero-order valence-electron chi connectivity index (χ0n) is 19.8. The second-order valence-corrected chi connectivity index (χ2v) is 8.77. The summed E-state index contributed by atoms with van der Waals surface area (Å²) >= 11 is 0. The molecule has 192 valence electrons. The average molecular weight is 513 g/mol. The summed E-state index contributed by atoms with van der Waals surface area (Å²) in [7, 11) is 1.46. The van der Waals surface area contributed by atoms with E-state index in [0.29, 0.717) is 41.2 Å². The van der Waals surface area contributed by atoms with Crippen LogP contribution in [0.3, 0.4) is 0 Å². The first kappa shape index (κ1) is 24.8. The molecular formula is C27H23F4N3O3. The molecule has 2 aliphatic heterocycles. The lowest BCUT2D eigenvalue weighted by Crippen LogP contribution is -2.51. The molecule has 0 bridgehead atoms. The van der Waals surface area contributed by atoms with Crippen molar-refractivity contribution in [3.63, 3.8) is 0 Å². The summed E-state index contributed by atoms with van der Waals surface area (Å²) in [5.74, 6) is 0.576. The van der Waals surface area contributed by atoms with Crippen LogP contribution in [0.1, 0.15) is 29.7 Å². The minimum Gasteiger partial charge on any atom is -0.496 e. The van der Waals surface area contributed by atoms with Gasteiger partial charge in [-0.15, -0.1) is 0 Å². The molecule has 37 heavy (non-hydrogen) atoms. The van der Waals surface area contributed by atoms with Crippen molar-refractivity contribution in [2.45, 2.75) is 24.7 Å². The molecule has 1 saturated heterocycles. The second-order valence-electron chi connectivity index (χ2n) is 8.77. The number of halogens is 4. The molecule has 10 heteroatoms. The van der Waals surface area contributed by atoms with Gasteiger partial charge in [0, 0.05) is 23.9 Å². The van der Waals surface area contributed by atoms with Gasteiger partial charge in [0.2, 0.25) is 0 Å². The van der Waals surface area contributed by atoms with Crippen LogP contribution in [0.15, 0.2) is 71.5 Å². The van der Waals surface area contributed by atoms with Crippen molar-refractivity contribution < 1.29 is 32.2 Å². The molecule has 0 spiro atoms. The summed E-state index contributed by atoms with van der Waals surface area (Å²) < 4.78 is 58.4. The molecule has 1 fully saturated rings. The molecule has 3 heterocycles. The third kappa shape index (κ3) is 4.53. The maximum Gasteiger partial charge on any atom is 0.433 e. The molecule has 0 radical (unpaired) electrons. The van der Waals surface area contributed by atoms with Crippen LogP contribution in [0, 0.1) is 5.82 Å². The van der Waals surface area contributed by atoms with Gasteiger partial charge in [0.25, 0.3) is 5.72 Å². The molecule has 1 N–H and O–H groups in total. The Hall–Kier alpha value is -3.92. The molecule has 0 aliphatic carbocycles. The number of rotatable bonds is 5. The van der Waals surface area contributed by atoms with Crippen molar-refractivity contribution in [3.05, 3.63) is 89.0 Å². The smallest absolute Gasteiger partial charge is 0.433 e. The van der Waals surface area contributed by atoms with Gasteiger partial charge < -0.3 is 19.6 Å². The number of fused-ring (bicyclic) bond motifs is 1. The van der Waals surface area contributed by atoms with E-state index < -0.39 is 23.4 Å². The van der Waals surface area contributed by atoms with Crippen LogP contribution < -0.4 is 4.74 Å². The molecule has 3 aromatic rings. The predicted molar refractivity (Wildman–Crippen MR) is 129 cm³/mol. The maximum absolute atomic E-state index is 13.5. The first-order valence-electron chi connectivity index (χ1n) is 11.6. The first-order chi connectivity index (χ1) is 17.7. The minimum atomic E-state index is -4.55. The SMILES string of the molecule is COc1cc(/C=C2\CCCN3C2=NOC3(CO)c2ccc(F)cc2)ccc1-c1ccnc(C(F)(F)F)c1. The Morgan fingerprint density at radius 1 is 1.14 bits per heavy atom. The largest absolute Gasteiger partial charge is 0.496 e. The van der Waals surface area contributed by atoms with E-state index in [1.807, 2.05) is 11.0 Å². The molecule has 5 rings (SSSR count). The number of pyridine rings is 1. The van der Waals surface area contributed by atoms with Crippen LogP contribution in [0.25, 0.3) is 17.2 Å². The van der Waals surface area contributed by atoms with Crippen LogP contribution in [-0.2, 0) is 16.7 Å². The lowest BCUT2D eigenvalue weighted by molar-refractivity contribution is -0.141. The van der Waals surface area contributed by atoms with Crippen molar-refractivity contribution in [2.24, 2.45) is 5.16 Å². The van der Waals surface area contributed by atoms with Crippen LogP contribution in [-0.4, -0.2) is 41.1 Å². The van der Waals surface area contributed by atoms with Gasteiger partial charge >= 0.3 is 6.18 Å². The topological polar surface area (TPSA) is 67.2 Å². The Bertz CT molecular complexity index is 1370. The van der Waals surface area contributed by atoms with E-state index >= 15 is 0 Å². The highest BCUT2D eigenvalue weighted by Gasteiger charge is 2.49. The van der Waals surface area contributed by atoms with Gasteiger partial charge in [0.1, 0.15) is 23.9 Å². The number of hydrogen-bond acceptors (Lipinski definition) is 6. The lowest BCUT2D eigenvalue weighted by Gasteiger charge is -2.38. The normalized spacial score (nSPS) is 20.4. The monoisotopic (exact) mass is 513 g/mol. The minimum absolute atomic E-state index is 0.336. The van der Waals surface area contributed by atoms with E-state index in [1.165, 1.54) is 25.3 Å². The number of piperidine rings is 1. The zero-order valence-corrected chi connectivity index (χ0v) is 19.8. The number of aliphatic hydroxyl groups is 1. The highest BCUT2D eigenvalue weighted by Crippen LogP contribution is 2.41. The Kier molecular flexibility index (Phi) is 6.36. The summed E-state index contributed by atoms with van der Waals surface area (Å²) in [6, 6.07) is 13.5. The number of methoxy groups -OCH3 is 1. The molecule has 2 aromatic carbocycles. The van der Waals surface area contributed by atoms with Gasteiger partial charge in [-0.25, -0.2) is 4.39 Å². The van der Waals surface area contributed by atoms with Gasteiger partial charge in [-0.2, -0.15) is 13.2 Å². The molecule has 1 aromatic heterocycles. The van der Waals surface area contributed by atoms with Crippen molar-refractivity contribution in [3.8, 4) is 16.9 Å². The van der Waals surface area contributed by atoms with Crippen molar-refractivity contribution in [2.75, 3.05) is 20.3 Å². The molecular weight excluding hydrogens is 490 g/mol. The zero-order chi connectivity index (χ0) is 26.2. The van der Waals surface area contributed by atoms with Gasteiger partial charge in [0.05, 0.1) is 7.11 Å². The number of aromatic nitrogens is 1. The third-order valence-corrected chi connectivity index (χ3v) is 6.53. The number of oxime groups is 1. The fraction of sp³-hybridized carbons (Fsp3) is 0.259. The fourth-order valence-corrected chi connectivity index (χ4v) is 4.70. The van der Waals surface area contributed by atoms with E-state index in [4.69, 9.17) is 9.57 Å². The van der Waals surface area contributed by atoms with E-state index in [0.717, 1.165) is 29.8 Å². The Balaban J connectivity index is 1.46. The Morgan fingerprint density at radius 3 is 2.62 bits per heavy atom. The number of alkyl halides is 3. The second kappa shape index (κ2) is 9.51. The van der Waals surface area contributed by atoms with Crippen LogP contribution >= 0.6 is 0 Å². The molecule has 1 atom stereocenters. The van der Waals surface area contributed by atoms with Crippen molar-refractivity contribution in [1.82, 2.24) is 9.88 Å².